The molecule has 0 fully saturated rings. The number of carbonyl (C=O) groups is 2. The van der Waals surface area contributed by atoms with E-state index >= 15 is 0 Å². The van der Waals surface area contributed by atoms with Crippen molar-refractivity contribution in [2.45, 2.75) is 328 Å². The maximum Gasteiger partial charge on any atom is 0.305 e. The van der Waals surface area contributed by atoms with Crippen molar-refractivity contribution in [3.63, 3.8) is 0 Å². The van der Waals surface area contributed by atoms with Crippen LogP contribution in [0.15, 0.2) is 48.6 Å². The maximum atomic E-state index is 12.4. The summed E-state index contributed by atoms with van der Waals surface area (Å²) in [6.45, 7) is 4.88. The number of esters is 1. The van der Waals surface area contributed by atoms with Crippen LogP contribution in [0, 0.1) is 0 Å². The summed E-state index contributed by atoms with van der Waals surface area (Å²) >= 11 is 0. The van der Waals surface area contributed by atoms with Crippen LogP contribution in [0.25, 0.3) is 0 Å². The molecule has 0 spiro atoms. The highest BCUT2D eigenvalue weighted by molar-refractivity contribution is 5.76. The topological polar surface area (TPSA) is 95.9 Å². The number of aliphatic hydroxyl groups excluding tert-OH is 2. The van der Waals surface area contributed by atoms with Gasteiger partial charge in [0.05, 0.1) is 25.4 Å². The van der Waals surface area contributed by atoms with Crippen LogP contribution in [0.5, 0.6) is 0 Å². The number of ether oxygens (including phenoxy) is 1. The standard InChI is InChI=1S/C63H117NO5/c1-3-5-7-9-11-13-15-17-33-37-41-45-49-53-57-63(68)69-58-54-50-46-42-38-34-30-28-26-24-22-20-18-19-21-23-25-27-29-32-36-40-44-48-52-56-62(67)64-60(59-65)61(66)55-51-47-43-39-35-31-16-14-12-10-8-6-4-2/h15,17,19-22,51,55,60-61,65-66H,3-14,16,18,23-50,52-54,56-59H2,1-2H3,(H,64,67)/b17-15-,21-19-,22-20-,55-51+. The van der Waals surface area contributed by atoms with E-state index in [2.05, 4.69) is 55.6 Å². The fourth-order valence-corrected chi connectivity index (χ4v) is 9.13. The average Bonchev–Trinajstić information content (AvgIpc) is 3.35. The van der Waals surface area contributed by atoms with Gasteiger partial charge in [0, 0.05) is 12.8 Å². The van der Waals surface area contributed by atoms with Crippen LogP contribution in [-0.4, -0.2) is 47.4 Å². The molecule has 6 nitrogen and oxygen atoms in total. The molecule has 0 saturated heterocycles. The zero-order valence-corrected chi connectivity index (χ0v) is 46.0. The van der Waals surface area contributed by atoms with Crippen molar-refractivity contribution < 1.29 is 24.5 Å². The van der Waals surface area contributed by atoms with E-state index in [1.54, 1.807) is 6.08 Å². The zero-order chi connectivity index (χ0) is 50.0. The van der Waals surface area contributed by atoms with Gasteiger partial charge in [-0.25, -0.2) is 0 Å². The van der Waals surface area contributed by atoms with Gasteiger partial charge in [-0.05, 0) is 89.9 Å². The lowest BCUT2D eigenvalue weighted by molar-refractivity contribution is -0.143. The summed E-state index contributed by atoms with van der Waals surface area (Å²) < 4.78 is 5.47. The molecule has 3 N–H and O–H groups in total. The second kappa shape index (κ2) is 58.4. The predicted molar refractivity (Wildman–Crippen MR) is 301 cm³/mol. The molecule has 2 atom stereocenters. The third-order valence-electron chi connectivity index (χ3n) is 13.8. The van der Waals surface area contributed by atoms with Crippen LogP contribution in [-0.2, 0) is 14.3 Å². The fraction of sp³-hybridized carbons (Fsp3) is 0.841. The highest BCUT2D eigenvalue weighted by Crippen LogP contribution is 2.16. The number of amides is 1. The molecule has 0 rings (SSSR count). The van der Waals surface area contributed by atoms with E-state index in [-0.39, 0.29) is 18.5 Å². The molecule has 0 bridgehead atoms. The third-order valence-corrected chi connectivity index (χ3v) is 13.8. The van der Waals surface area contributed by atoms with Gasteiger partial charge >= 0.3 is 5.97 Å². The lowest BCUT2D eigenvalue weighted by Gasteiger charge is -2.20. The number of unbranched alkanes of at least 4 members (excludes halogenated alkanes) is 39. The van der Waals surface area contributed by atoms with Crippen molar-refractivity contribution in [2.75, 3.05) is 13.2 Å². The van der Waals surface area contributed by atoms with Crippen LogP contribution in [0.1, 0.15) is 316 Å². The molecule has 1 amide bonds. The quantitative estimate of drug-likeness (QED) is 0.0321. The Morgan fingerprint density at radius 1 is 0.406 bits per heavy atom. The second-order valence-corrected chi connectivity index (χ2v) is 20.7. The van der Waals surface area contributed by atoms with Crippen LogP contribution in [0.3, 0.4) is 0 Å². The molecule has 0 aromatic heterocycles. The molecule has 0 heterocycles. The van der Waals surface area contributed by atoms with E-state index < -0.39 is 12.1 Å². The molecular formula is C63H117NO5. The van der Waals surface area contributed by atoms with Crippen LogP contribution < -0.4 is 5.32 Å². The number of carbonyl (C=O) groups excluding carboxylic acids is 2. The summed E-state index contributed by atoms with van der Waals surface area (Å²) in [7, 11) is 0. The first-order chi connectivity index (χ1) is 34.0. The number of rotatable bonds is 56. The molecule has 0 aliphatic rings. The summed E-state index contributed by atoms with van der Waals surface area (Å²) in [4.78, 5) is 24.5. The van der Waals surface area contributed by atoms with Crippen molar-refractivity contribution in [3.05, 3.63) is 48.6 Å². The maximum absolute atomic E-state index is 12.4. The van der Waals surface area contributed by atoms with Gasteiger partial charge in [0.1, 0.15) is 0 Å². The summed E-state index contributed by atoms with van der Waals surface area (Å²) in [6, 6.07) is -0.632. The molecule has 6 heteroatoms. The number of allylic oxidation sites excluding steroid dienone is 7. The van der Waals surface area contributed by atoms with Crippen LogP contribution >= 0.6 is 0 Å². The van der Waals surface area contributed by atoms with Gasteiger partial charge in [-0.2, -0.15) is 0 Å². The van der Waals surface area contributed by atoms with Crippen molar-refractivity contribution in [3.8, 4) is 0 Å². The Bertz CT molecular complexity index is 1160. The van der Waals surface area contributed by atoms with Crippen molar-refractivity contribution in [1.82, 2.24) is 5.32 Å². The number of aliphatic hydroxyl groups is 2. The Morgan fingerprint density at radius 3 is 1.12 bits per heavy atom. The first-order valence-corrected chi connectivity index (χ1v) is 30.4. The van der Waals surface area contributed by atoms with E-state index in [4.69, 9.17) is 4.74 Å². The van der Waals surface area contributed by atoms with E-state index in [9.17, 15) is 19.8 Å². The first kappa shape index (κ1) is 66.8. The normalized spacial score (nSPS) is 12.9. The Balaban J connectivity index is 3.45. The molecule has 0 saturated carbocycles. The van der Waals surface area contributed by atoms with E-state index in [1.165, 1.54) is 238 Å². The van der Waals surface area contributed by atoms with E-state index in [0.717, 1.165) is 51.4 Å². The average molecular weight is 969 g/mol. The Hall–Kier alpha value is -2.18. The molecule has 2 unspecified atom stereocenters. The minimum absolute atomic E-state index is 0.000457. The smallest absolute Gasteiger partial charge is 0.305 e. The lowest BCUT2D eigenvalue weighted by Crippen LogP contribution is -2.45. The van der Waals surface area contributed by atoms with Gasteiger partial charge in [-0.1, -0.05) is 262 Å². The van der Waals surface area contributed by atoms with Gasteiger partial charge in [0.2, 0.25) is 5.91 Å². The van der Waals surface area contributed by atoms with Crippen molar-refractivity contribution >= 4 is 11.9 Å². The monoisotopic (exact) mass is 968 g/mol. The summed E-state index contributed by atoms with van der Waals surface area (Å²) in [5, 5.41) is 23.1. The number of nitrogens with one attached hydrogen (secondary N) is 1. The molecule has 404 valence electrons. The van der Waals surface area contributed by atoms with Gasteiger partial charge in [-0.15, -0.1) is 0 Å². The van der Waals surface area contributed by atoms with Crippen molar-refractivity contribution in [1.29, 1.82) is 0 Å². The van der Waals surface area contributed by atoms with Gasteiger partial charge < -0.3 is 20.3 Å². The molecule has 0 radical (unpaired) electrons. The Morgan fingerprint density at radius 2 is 0.725 bits per heavy atom. The molecule has 0 aromatic rings. The number of hydrogen-bond donors (Lipinski definition) is 3. The summed E-state index contributed by atoms with van der Waals surface area (Å²) in [5.74, 6) is -0.0751. The van der Waals surface area contributed by atoms with E-state index in [1.807, 2.05) is 6.08 Å². The molecule has 69 heavy (non-hydrogen) atoms. The summed E-state index contributed by atoms with van der Waals surface area (Å²) in [5.41, 5.74) is 0. The van der Waals surface area contributed by atoms with Crippen LogP contribution in [0.4, 0.5) is 0 Å². The molecular weight excluding hydrogens is 851 g/mol. The van der Waals surface area contributed by atoms with Crippen LogP contribution in [0.2, 0.25) is 0 Å². The highest BCUT2D eigenvalue weighted by atomic mass is 16.5. The molecule has 0 aromatic carbocycles. The minimum Gasteiger partial charge on any atom is -0.466 e. The lowest BCUT2D eigenvalue weighted by atomic mass is 10.0. The van der Waals surface area contributed by atoms with Gasteiger partial charge in [-0.3, -0.25) is 9.59 Å². The fourth-order valence-electron chi connectivity index (χ4n) is 9.13. The predicted octanol–water partition coefficient (Wildman–Crippen LogP) is 19.0. The second-order valence-electron chi connectivity index (χ2n) is 20.7. The minimum atomic E-state index is -0.848. The van der Waals surface area contributed by atoms with Crippen molar-refractivity contribution in [2.24, 2.45) is 0 Å². The molecule has 0 aliphatic carbocycles. The first-order valence-electron chi connectivity index (χ1n) is 30.4. The number of hydrogen-bond acceptors (Lipinski definition) is 5. The van der Waals surface area contributed by atoms with E-state index in [0.29, 0.717) is 19.4 Å². The Kier molecular flexibility index (Phi) is 56.5. The highest BCUT2D eigenvalue weighted by Gasteiger charge is 2.18. The summed E-state index contributed by atoms with van der Waals surface area (Å²) in [6.07, 6.45) is 74.3. The zero-order valence-electron chi connectivity index (χ0n) is 46.0. The largest absolute Gasteiger partial charge is 0.466 e. The molecule has 0 aliphatic heterocycles. The third kappa shape index (κ3) is 55.0. The van der Waals surface area contributed by atoms with Gasteiger partial charge in [0.25, 0.3) is 0 Å². The SMILES string of the molecule is CCCCCCC/C=C\CCCCCCCC(=O)OCCCCCCCCCCC/C=C\C/C=C\CCCCCCCCCCCC(=O)NC(CO)C(O)/C=C/CCCCCCCCCCCCC. The van der Waals surface area contributed by atoms with Gasteiger partial charge in [0.15, 0.2) is 0 Å². The Labute approximate surface area is 429 Å².